The largest absolute Gasteiger partial charge is 0.461 e. The van der Waals surface area contributed by atoms with Gasteiger partial charge in [-0.05, 0) is 28.1 Å². The van der Waals surface area contributed by atoms with Crippen LogP contribution < -0.4 is 10.5 Å². The number of nitrogens with two attached hydrogens (primary N) is 1. The fraction of sp³-hybridized carbons (Fsp3) is 0.455. The molecule has 0 saturated heterocycles. The minimum absolute atomic E-state index is 0.0797. The average Bonchev–Trinajstić information content (AvgIpc) is 2.39. The van der Waals surface area contributed by atoms with Gasteiger partial charge in [-0.15, -0.1) is 0 Å². The molecule has 0 unspecified atom stereocenters. The van der Waals surface area contributed by atoms with E-state index < -0.39 is 58.1 Å². The lowest BCUT2D eigenvalue weighted by atomic mass is 9.93. The Morgan fingerprint density at radius 3 is 1.68 bits per heavy atom. The van der Waals surface area contributed by atoms with Crippen molar-refractivity contribution in [2.24, 2.45) is 0 Å². The molecule has 0 atom stereocenters. The van der Waals surface area contributed by atoms with Crippen molar-refractivity contribution in [1.82, 2.24) is 0 Å². The molecule has 0 fully saturated rings. The molecule has 2 nitrogen and oxygen atoms in total. The van der Waals surface area contributed by atoms with Crippen LogP contribution in [0.15, 0.2) is 16.6 Å². The third kappa shape index (κ3) is 3.87. The van der Waals surface area contributed by atoms with Crippen molar-refractivity contribution < 1.29 is 53.0 Å². The third-order valence-electron chi connectivity index (χ3n) is 2.77. The number of hydrogen-bond acceptors (Lipinski definition) is 2. The SMILES string of the molecule is Nc1c(Br)cc(C(F)(C(F)(F)F)C(F)(F)F)cc1OC(F)(F)C(F)F. The predicted octanol–water partition coefficient (Wildman–Crippen LogP) is 5.56. The van der Waals surface area contributed by atoms with Crippen molar-refractivity contribution in [2.75, 3.05) is 5.73 Å². The van der Waals surface area contributed by atoms with Crippen LogP contribution in [0.4, 0.5) is 54.0 Å². The molecule has 0 aliphatic carbocycles. The summed E-state index contributed by atoms with van der Waals surface area (Å²) in [4.78, 5) is 0. The smallest absolute Gasteiger partial charge is 0.426 e. The lowest BCUT2D eigenvalue weighted by molar-refractivity contribution is -0.348. The van der Waals surface area contributed by atoms with E-state index >= 15 is 0 Å². The predicted molar refractivity (Wildman–Crippen MR) is 65.0 cm³/mol. The summed E-state index contributed by atoms with van der Waals surface area (Å²) in [5.74, 6) is -1.70. The Hall–Kier alpha value is -1.47. The fourth-order valence-electron chi connectivity index (χ4n) is 1.56. The van der Waals surface area contributed by atoms with E-state index in [9.17, 15) is 48.3 Å². The average molecular weight is 456 g/mol. The monoisotopic (exact) mass is 455 g/mol. The Labute approximate surface area is 139 Å². The number of anilines is 1. The standard InChI is InChI=1S/C11H5BrF11NO/c12-4-1-3(8(15,10(18,19)20)11(21,22)23)2-5(6(4)24)25-9(16,17)7(13)14/h1-2,7H,24H2. The summed E-state index contributed by atoms with van der Waals surface area (Å²) in [6, 6.07) is -0.555. The molecule has 14 heteroatoms. The highest BCUT2D eigenvalue weighted by atomic mass is 79.9. The zero-order chi connectivity index (χ0) is 20.0. The summed E-state index contributed by atoms with van der Waals surface area (Å²) in [7, 11) is 0. The van der Waals surface area contributed by atoms with Gasteiger partial charge in [0.1, 0.15) is 0 Å². The molecular formula is C11H5BrF11NO. The molecule has 1 aromatic carbocycles. The van der Waals surface area contributed by atoms with Crippen LogP contribution in [0.1, 0.15) is 5.56 Å². The van der Waals surface area contributed by atoms with Gasteiger partial charge in [0, 0.05) is 10.0 Å². The fourth-order valence-corrected chi connectivity index (χ4v) is 2.00. The number of rotatable bonds is 4. The molecule has 1 rings (SSSR count). The van der Waals surface area contributed by atoms with Crippen LogP contribution in [0, 0.1) is 0 Å². The van der Waals surface area contributed by atoms with E-state index in [-0.39, 0.29) is 6.07 Å². The minimum atomic E-state index is -6.55. The molecule has 0 bridgehead atoms. The van der Waals surface area contributed by atoms with E-state index in [1.165, 1.54) is 0 Å². The van der Waals surface area contributed by atoms with E-state index in [0.717, 1.165) is 0 Å². The van der Waals surface area contributed by atoms with Crippen LogP contribution in [-0.4, -0.2) is 24.9 Å². The van der Waals surface area contributed by atoms with Gasteiger partial charge in [-0.1, -0.05) is 0 Å². The van der Waals surface area contributed by atoms with Crippen molar-refractivity contribution in [3.05, 3.63) is 22.2 Å². The number of halogens is 12. The summed E-state index contributed by atoms with van der Waals surface area (Å²) >= 11 is 2.33. The van der Waals surface area contributed by atoms with Crippen molar-refractivity contribution in [3.63, 3.8) is 0 Å². The second kappa shape index (κ2) is 6.36. The lowest BCUT2D eigenvalue weighted by Crippen LogP contribution is -2.50. The Morgan fingerprint density at radius 1 is 0.880 bits per heavy atom. The number of benzene rings is 1. The highest BCUT2D eigenvalue weighted by Gasteiger charge is 2.73. The van der Waals surface area contributed by atoms with Crippen molar-refractivity contribution in [3.8, 4) is 5.75 Å². The molecule has 0 aliphatic heterocycles. The summed E-state index contributed by atoms with van der Waals surface area (Å²) in [5.41, 5.74) is -4.19. The second-order valence-electron chi connectivity index (χ2n) is 4.49. The van der Waals surface area contributed by atoms with Gasteiger partial charge in [0.15, 0.2) is 5.75 Å². The first kappa shape index (κ1) is 21.6. The van der Waals surface area contributed by atoms with E-state index in [1.807, 2.05) is 0 Å². The maximum absolute atomic E-state index is 13.9. The molecule has 0 radical (unpaired) electrons. The number of hydrogen-bond donors (Lipinski definition) is 1. The number of nitrogen functional groups attached to an aromatic ring is 1. The molecule has 2 N–H and O–H groups in total. The first-order valence-electron chi connectivity index (χ1n) is 5.72. The van der Waals surface area contributed by atoms with Gasteiger partial charge < -0.3 is 10.5 Å². The molecule has 1 aromatic rings. The van der Waals surface area contributed by atoms with Gasteiger partial charge in [0.25, 0.3) is 0 Å². The van der Waals surface area contributed by atoms with Gasteiger partial charge in [-0.2, -0.15) is 43.9 Å². The topological polar surface area (TPSA) is 35.2 Å². The maximum atomic E-state index is 13.9. The molecule has 0 aliphatic rings. The molecule has 0 amide bonds. The van der Waals surface area contributed by atoms with Crippen LogP contribution in [0.25, 0.3) is 0 Å². The van der Waals surface area contributed by atoms with Crippen molar-refractivity contribution in [1.29, 1.82) is 0 Å². The lowest BCUT2D eigenvalue weighted by Gasteiger charge is -2.31. The first-order chi connectivity index (χ1) is 10.9. The summed E-state index contributed by atoms with van der Waals surface area (Å²) in [6.45, 7) is 0. The Balaban J connectivity index is 3.63. The van der Waals surface area contributed by atoms with E-state index in [0.29, 0.717) is 0 Å². The van der Waals surface area contributed by atoms with Gasteiger partial charge in [-0.25, -0.2) is 4.39 Å². The van der Waals surface area contributed by atoms with E-state index in [1.54, 1.807) is 0 Å². The van der Waals surface area contributed by atoms with Gasteiger partial charge in [0.2, 0.25) is 0 Å². The Bertz CT molecular complexity index is 626. The normalized spacial score (nSPS) is 14.1. The molecule has 0 spiro atoms. The van der Waals surface area contributed by atoms with Gasteiger partial charge >= 0.3 is 30.6 Å². The van der Waals surface area contributed by atoms with Crippen LogP contribution in [0.5, 0.6) is 5.75 Å². The molecule has 144 valence electrons. The highest BCUT2D eigenvalue weighted by molar-refractivity contribution is 9.10. The molecular weight excluding hydrogens is 451 g/mol. The second-order valence-corrected chi connectivity index (χ2v) is 5.34. The summed E-state index contributed by atoms with van der Waals surface area (Å²) in [5, 5.41) is 0. The zero-order valence-electron chi connectivity index (χ0n) is 11.3. The Morgan fingerprint density at radius 2 is 1.32 bits per heavy atom. The Kier molecular flexibility index (Phi) is 5.49. The van der Waals surface area contributed by atoms with Crippen molar-refractivity contribution in [2.45, 2.75) is 30.6 Å². The first-order valence-corrected chi connectivity index (χ1v) is 6.51. The highest BCUT2D eigenvalue weighted by Crippen LogP contribution is 2.54. The van der Waals surface area contributed by atoms with Gasteiger partial charge in [0.05, 0.1) is 5.69 Å². The molecule has 0 heterocycles. The van der Waals surface area contributed by atoms with Crippen LogP contribution in [0.2, 0.25) is 0 Å². The van der Waals surface area contributed by atoms with Crippen LogP contribution >= 0.6 is 15.9 Å². The van der Waals surface area contributed by atoms with E-state index in [2.05, 4.69) is 20.7 Å². The maximum Gasteiger partial charge on any atom is 0.461 e. The zero-order valence-corrected chi connectivity index (χ0v) is 12.8. The van der Waals surface area contributed by atoms with E-state index in [4.69, 9.17) is 5.73 Å². The number of ether oxygens (including phenoxy) is 1. The van der Waals surface area contributed by atoms with Crippen molar-refractivity contribution >= 4 is 21.6 Å². The van der Waals surface area contributed by atoms with Crippen LogP contribution in [-0.2, 0) is 5.67 Å². The minimum Gasteiger partial charge on any atom is -0.426 e. The third-order valence-corrected chi connectivity index (χ3v) is 3.43. The summed E-state index contributed by atoms with van der Waals surface area (Å²) in [6.07, 6.45) is -22.9. The van der Waals surface area contributed by atoms with Crippen LogP contribution in [0.3, 0.4) is 0 Å². The molecule has 25 heavy (non-hydrogen) atoms. The number of alkyl halides is 11. The summed E-state index contributed by atoms with van der Waals surface area (Å²) < 4.78 is 142. The molecule has 0 saturated carbocycles. The molecule has 0 aromatic heterocycles. The quantitative estimate of drug-likeness (QED) is 0.476. The van der Waals surface area contributed by atoms with Gasteiger partial charge in [-0.3, -0.25) is 0 Å².